The van der Waals surface area contributed by atoms with E-state index in [0.717, 1.165) is 11.8 Å². The molecule has 50 valence electrons. The highest BCUT2D eigenvalue weighted by molar-refractivity contribution is 8.18. The predicted octanol–water partition coefficient (Wildman–Crippen LogP) is 0.976. The van der Waals surface area contributed by atoms with E-state index in [2.05, 4.69) is 11.6 Å². The van der Waals surface area contributed by atoms with Crippen molar-refractivity contribution in [1.82, 2.24) is 0 Å². The lowest BCUT2D eigenvalue weighted by molar-refractivity contribution is -0.129. The highest BCUT2D eigenvalue weighted by Crippen LogP contribution is 2.03. The summed E-state index contributed by atoms with van der Waals surface area (Å²) in [6.45, 7) is 3.35. The minimum Gasteiger partial charge on any atom is -0.476 e. The number of nitrogens with zero attached hydrogens (tertiary/aromatic N) is 1. The third kappa shape index (κ3) is 2.92. The van der Waals surface area contributed by atoms with Gasteiger partial charge in [-0.1, -0.05) is 18.3 Å². The van der Waals surface area contributed by atoms with Crippen molar-refractivity contribution in [1.29, 1.82) is 0 Å². The van der Waals surface area contributed by atoms with Crippen molar-refractivity contribution in [3.05, 3.63) is 12.0 Å². The van der Waals surface area contributed by atoms with Crippen LogP contribution in [-0.4, -0.2) is 23.2 Å². The van der Waals surface area contributed by atoms with Crippen molar-refractivity contribution < 1.29 is 9.90 Å². The van der Waals surface area contributed by atoms with E-state index in [1.54, 1.807) is 0 Å². The number of carbonyl (C=O) groups is 1. The summed E-state index contributed by atoms with van der Waals surface area (Å²) in [6.07, 6.45) is 0. The number of carboxylic acids is 1. The van der Waals surface area contributed by atoms with Crippen LogP contribution in [0.1, 0.15) is 0 Å². The van der Waals surface area contributed by atoms with E-state index < -0.39 is 5.97 Å². The Bertz CT molecular complexity index is 153. The lowest BCUT2D eigenvalue weighted by Crippen LogP contribution is -2.06. The number of aliphatic imine (C=N–C) groups is 1. The number of aliphatic carboxylic acids is 1. The van der Waals surface area contributed by atoms with Crippen molar-refractivity contribution in [2.45, 2.75) is 0 Å². The molecular weight excluding hydrogens is 138 g/mol. The largest absolute Gasteiger partial charge is 0.476 e. The molecule has 0 spiro atoms. The number of rotatable bonds is 1. The van der Waals surface area contributed by atoms with Gasteiger partial charge in [0.15, 0.2) is 5.04 Å². The zero-order chi connectivity index (χ0) is 7.28. The van der Waals surface area contributed by atoms with Gasteiger partial charge in [0.1, 0.15) is 0 Å². The molecule has 0 aromatic rings. The third-order valence-electron chi connectivity index (χ3n) is 0.581. The molecule has 1 N–H and O–H groups in total. The summed E-state index contributed by atoms with van der Waals surface area (Å²) in [7, 11) is 1.43. The Balaban J connectivity index is 4.00. The molecule has 0 radical (unpaired) electrons. The molecule has 0 atom stereocenters. The maximum atomic E-state index is 10.1. The summed E-state index contributed by atoms with van der Waals surface area (Å²) >= 11 is 0.999. The van der Waals surface area contributed by atoms with Gasteiger partial charge in [0.25, 0.3) is 0 Å². The molecule has 3 nitrogen and oxygen atoms in total. The Morgan fingerprint density at radius 1 is 1.89 bits per heavy atom. The predicted molar refractivity (Wildman–Crippen MR) is 38.8 cm³/mol. The molecule has 9 heavy (non-hydrogen) atoms. The fraction of sp³-hybridized carbons (Fsp3) is 0.200. The Kier molecular flexibility index (Phi) is 3.79. The Morgan fingerprint density at radius 2 is 2.44 bits per heavy atom. The van der Waals surface area contributed by atoms with Crippen LogP contribution in [0.4, 0.5) is 0 Å². The summed E-state index contributed by atoms with van der Waals surface area (Å²) < 4.78 is 0. The SMILES string of the molecule is C=CSC(=NC)C(=O)O. The van der Waals surface area contributed by atoms with Crippen molar-refractivity contribution in [3.63, 3.8) is 0 Å². The van der Waals surface area contributed by atoms with Gasteiger partial charge in [0, 0.05) is 7.05 Å². The van der Waals surface area contributed by atoms with Crippen LogP contribution in [0.15, 0.2) is 17.0 Å². The van der Waals surface area contributed by atoms with Crippen LogP contribution in [0.5, 0.6) is 0 Å². The van der Waals surface area contributed by atoms with Crippen molar-refractivity contribution in [2.75, 3.05) is 7.05 Å². The Labute approximate surface area is 57.5 Å². The van der Waals surface area contributed by atoms with Crippen LogP contribution in [0.25, 0.3) is 0 Å². The van der Waals surface area contributed by atoms with E-state index in [0.29, 0.717) is 0 Å². The van der Waals surface area contributed by atoms with E-state index in [1.165, 1.54) is 12.5 Å². The topological polar surface area (TPSA) is 49.7 Å². The third-order valence-corrected chi connectivity index (χ3v) is 1.33. The summed E-state index contributed by atoms with van der Waals surface area (Å²) in [5.41, 5.74) is 0. The molecule has 0 aromatic heterocycles. The normalized spacial score (nSPS) is 11.0. The maximum Gasteiger partial charge on any atom is 0.361 e. The molecule has 0 fully saturated rings. The second-order valence-electron chi connectivity index (χ2n) is 1.12. The second-order valence-corrected chi connectivity index (χ2v) is 2.07. The van der Waals surface area contributed by atoms with Gasteiger partial charge in [-0.05, 0) is 5.41 Å². The van der Waals surface area contributed by atoms with Crippen LogP contribution in [0.3, 0.4) is 0 Å². The Hall–Kier alpha value is -0.770. The molecule has 0 saturated heterocycles. The first kappa shape index (κ1) is 8.23. The summed E-state index contributed by atoms with van der Waals surface area (Å²) in [5, 5.41) is 9.79. The standard InChI is InChI=1S/C5H7NO2S/c1-3-9-4(6-2)5(7)8/h3H,1H2,2H3,(H,7,8). The van der Waals surface area contributed by atoms with Gasteiger partial charge in [-0.25, -0.2) is 4.79 Å². The van der Waals surface area contributed by atoms with E-state index in [1.807, 2.05) is 0 Å². The second kappa shape index (κ2) is 4.14. The molecule has 0 amide bonds. The zero-order valence-electron chi connectivity index (χ0n) is 5.00. The zero-order valence-corrected chi connectivity index (χ0v) is 5.81. The molecular formula is C5H7NO2S. The number of thioether (sulfide) groups is 1. The van der Waals surface area contributed by atoms with Crippen LogP contribution < -0.4 is 0 Å². The van der Waals surface area contributed by atoms with E-state index >= 15 is 0 Å². The van der Waals surface area contributed by atoms with Gasteiger partial charge < -0.3 is 5.11 Å². The van der Waals surface area contributed by atoms with Gasteiger partial charge in [0.05, 0.1) is 0 Å². The number of hydrogen-bond donors (Lipinski definition) is 1. The van der Waals surface area contributed by atoms with Gasteiger partial charge >= 0.3 is 5.97 Å². The molecule has 0 saturated carbocycles. The van der Waals surface area contributed by atoms with Gasteiger partial charge in [-0.15, -0.1) is 0 Å². The van der Waals surface area contributed by atoms with Crippen LogP contribution >= 0.6 is 11.8 Å². The molecule has 0 rings (SSSR count). The number of hydrogen-bond acceptors (Lipinski definition) is 3. The lowest BCUT2D eigenvalue weighted by atomic mass is 10.7. The molecule has 0 unspecified atom stereocenters. The molecule has 4 heteroatoms. The van der Waals surface area contributed by atoms with Crippen LogP contribution in [0, 0.1) is 0 Å². The molecule has 0 aliphatic rings. The maximum absolute atomic E-state index is 10.1. The smallest absolute Gasteiger partial charge is 0.361 e. The van der Waals surface area contributed by atoms with E-state index in [-0.39, 0.29) is 5.04 Å². The van der Waals surface area contributed by atoms with Crippen molar-refractivity contribution in [3.8, 4) is 0 Å². The highest BCUT2D eigenvalue weighted by atomic mass is 32.2. The van der Waals surface area contributed by atoms with Crippen LogP contribution in [-0.2, 0) is 4.79 Å². The molecule has 0 heterocycles. The van der Waals surface area contributed by atoms with Crippen molar-refractivity contribution in [2.24, 2.45) is 4.99 Å². The van der Waals surface area contributed by atoms with E-state index in [9.17, 15) is 4.79 Å². The first-order chi connectivity index (χ1) is 4.22. The summed E-state index contributed by atoms with van der Waals surface area (Å²) in [6, 6.07) is 0. The first-order valence-corrected chi connectivity index (χ1v) is 3.08. The quantitative estimate of drug-likeness (QED) is 0.442. The molecule has 0 aliphatic carbocycles. The summed E-state index contributed by atoms with van der Waals surface area (Å²) in [4.78, 5) is 13.6. The highest BCUT2D eigenvalue weighted by Gasteiger charge is 2.04. The average Bonchev–Trinajstić information content (AvgIpc) is 1.82. The van der Waals surface area contributed by atoms with E-state index in [4.69, 9.17) is 5.11 Å². The fourth-order valence-corrected chi connectivity index (χ4v) is 0.642. The van der Waals surface area contributed by atoms with Gasteiger partial charge in [-0.2, -0.15) is 0 Å². The minimum atomic E-state index is -1.01. The monoisotopic (exact) mass is 145 g/mol. The fourth-order valence-electron chi connectivity index (χ4n) is 0.278. The van der Waals surface area contributed by atoms with Gasteiger partial charge in [0.2, 0.25) is 0 Å². The molecule has 0 bridgehead atoms. The first-order valence-electron chi connectivity index (χ1n) is 2.20. The minimum absolute atomic E-state index is 0.0602. The lowest BCUT2D eigenvalue weighted by Gasteiger charge is -1.90. The Morgan fingerprint density at radius 3 is 2.56 bits per heavy atom. The molecule has 0 aromatic carbocycles. The van der Waals surface area contributed by atoms with Crippen LogP contribution in [0.2, 0.25) is 0 Å². The molecule has 0 aliphatic heterocycles. The number of carboxylic acid groups (broad SMARTS) is 1. The summed E-state index contributed by atoms with van der Waals surface area (Å²) in [5.74, 6) is -1.01. The van der Waals surface area contributed by atoms with Gasteiger partial charge in [-0.3, -0.25) is 4.99 Å². The average molecular weight is 145 g/mol. The van der Waals surface area contributed by atoms with Crippen molar-refractivity contribution >= 4 is 22.8 Å².